The number of nitrogens with zero attached hydrogens (tertiary/aromatic N) is 4. The molecule has 1 aliphatic rings. The molecule has 0 bridgehead atoms. The molecule has 3 rings (SSSR count). The van der Waals surface area contributed by atoms with Crippen molar-refractivity contribution in [3.63, 3.8) is 0 Å². The van der Waals surface area contributed by atoms with Gasteiger partial charge in [0, 0.05) is 12.3 Å². The summed E-state index contributed by atoms with van der Waals surface area (Å²) < 4.78 is 4.40. The van der Waals surface area contributed by atoms with Crippen LogP contribution in [0.25, 0.3) is 0 Å². The molecule has 2 heterocycles. The van der Waals surface area contributed by atoms with Crippen LogP contribution in [-0.2, 0) is 4.79 Å². The smallest absolute Gasteiger partial charge is 0.271 e. The topological polar surface area (TPSA) is 140 Å². The van der Waals surface area contributed by atoms with Crippen LogP contribution < -0.4 is 21.9 Å². The quantitative estimate of drug-likeness (QED) is 0.363. The minimum atomic E-state index is -0.696. The molecule has 2 aromatic heterocycles. The Morgan fingerprint density at radius 2 is 2.32 bits per heavy atom. The van der Waals surface area contributed by atoms with E-state index < -0.39 is 5.91 Å². The Bertz CT molecular complexity index is 790. The van der Waals surface area contributed by atoms with E-state index in [0.29, 0.717) is 11.7 Å². The summed E-state index contributed by atoms with van der Waals surface area (Å²) in [5.41, 5.74) is 6.44. The third-order valence-corrected chi connectivity index (χ3v) is 4.65. The molecule has 2 aromatic rings. The van der Waals surface area contributed by atoms with E-state index in [1.807, 2.05) is 6.07 Å². The maximum Gasteiger partial charge on any atom is 0.271 e. The number of primary amides is 1. The maximum atomic E-state index is 11.6. The molecule has 0 radical (unpaired) electrons. The second-order valence-corrected chi connectivity index (χ2v) is 6.77. The molecule has 1 aliphatic carbocycles. The van der Waals surface area contributed by atoms with E-state index >= 15 is 0 Å². The molecule has 5 N–H and O–H groups in total. The Labute approximate surface area is 148 Å². The fourth-order valence-corrected chi connectivity index (χ4v) is 3.01. The lowest BCUT2D eigenvalue weighted by molar-refractivity contribution is -0.108. The van der Waals surface area contributed by atoms with Crippen LogP contribution in [-0.4, -0.2) is 32.6 Å². The van der Waals surface area contributed by atoms with Crippen molar-refractivity contribution in [1.82, 2.24) is 14.3 Å². The van der Waals surface area contributed by atoms with Gasteiger partial charge in [-0.15, -0.1) is 0 Å². The first-order chi connectivity index (χ1) is 12.0. The third kappa shape index (κ3) is 3.91. The lowest BCUT2D eigenvalue weighted by atomic mass is 10.2. The molecule has 1 saturated carbocycles. The van der Waals surface area contributed by atoms with Crippen LogP contribution in [0.4, 0.5) is 16.6 Å². The van der Waals surface area contributed by atoms with Crippen molar-refractivity contribution < 1.29 is 9.59 Å². The highest BCUT2D eigenvalue weighted by atomic mass is 32.1. The number of anilines is 3. The maximum absolute atomic E-state index is 11.6. The van der Waals surface area contributed by atoms with E-state index in [-0.39, 0.29) is 24.0 Å². The first-order valence-electron chi connectivity index (χ1n) is 7.87. The fourth-order valence-electron chi connectivity index (χ4n) is 2.29. The van der Waals surface area contributed by atoms with E-state index in [4.69, 9.17) is 11.6 Å². The summed E-state index contributed by atoms with van der Waals surface area (Å²) >= 11 is 1.29. The van der Waals surface area contributed by atoms with Crippen LogP contribution in [0.5, 0.6) is 0 Å². The van der Waals surface area contributed by atoms with Gasteiger partial charge >= 0.3 is 0 Å². The molecule has 0 saturated heterocycles. The van der Waals surface area contributed by atoms with Crippen molar-refractivity contribution in [2.45, 2.75) is 38.1 Å². The van der Waals surface area contributed by atoms with Crippen LogP contribution >= 0.6 is 11.5 Å². The molecule has 10 heteroatoms. The van der Waals surface area contributed by atoms with Gasteiger partial charge in [0.2, 0.25) is 0 Å². The largest absolute Gasteiger partial charge is 0.364 e. The van der Waals surface area contributed by atoms with Crippen LogP contribution in [0, 0.1) is 0 Å². The van der Waals surface area contributed by atoms with Gasteiger partial charge in [-0.3, -0.25) is 9.80 Å². The van der Waals surface area contributed by atoms with Gasteiger partial charge < -0.3 is 15.8 Å². The fraction of sp³-hybridized carbons (Fsp3) is 0.400. The summed E-state index contributed by atoms with van der Waals surface area (Å²) in [7, 11) is 0. The normalized spacial score (nSPS) is 14.8. The molecule has 25 heavy (non-hydrogen) atoms. The highest BCUT2D eigenvalue weighted by molar-refractivity contribution is 7.10. The zero-order valence-corrected chi connectivity index (χ0v) is 14.5. The molecule has 1 amide bonds. The number of nitrogens with two attached hydrogens (primary N) is 2. The van der Waals surface area contributed by atoms with Gasteiger partial charge in [-0.05, 0) is 37.4 Å². The minimum Gasteiger partial charge on any atom is -0.364 e. The molecule has 0 aromatic carbocycles. The second kappa shape index (κ2) is 7.11. The summed E-state index contributed by atoms with van der Waals surface area (Å²) in [6.07, 6.45) is 4.70. The molecule has 9 nitrogen and oxygen atoms in total. The van der Waals surface area contributed by atoms with Gasteiger partial charge in [-0.2, -0.15) is 4.37 Å². The zero-order valence-electron chi connectivity index (χ0n) is 13.7. The number of carbonyl (C=O) groups is 2. The molecular formula is C15H19N7O2S. The number of rotatable bonds is 8. The van der Waals surface area contributed by atoms with Crippen LogP contribution in [0.3, 0.4) is 0 Å². The van der Waals surface area contributed by atoms with Crippen molar-refractivity contribution in [3.05, 3.63) is 23.7 Å². The molecular weight excluding hydrogens is 342 g/mol. The third-order valence-electron chi connectivity index (χ3n) is 3.94. The summed E-state index contributed by atoms with van der Waals surface area (Å²) in [5, 5.41) is 5.14. The second-order valence-electron chi connectivity index (χ2n) is 5.96. The van der Waals surface area contributed by atoms with E-state index in [1.165, 1.54) is 22.7 Å². The number of hydrogen-bond acceptors (Lipinski definition) is 9. The molecule has 1 unspecified atom stereocenters. The van der Waals surface area contributed by atoms with Gasteiger partial charge in [0.25, 0.3) is 5.91 Å². The van der Waals surface area contributed by atoms with E-state index in [9.17, 15) is 9.59 Å². The molecule has 0 spiro atoms. The van der Waals surface area contributed by atoms with Crippen molar-refractivity contribution in [3.8, 4) is 0 Å². The van der Waals surface area contributed by atoms with Gasteiger partial charge in [-0.25, -0.2) is 15.8 Å². The van der Waals surface area contributed by atoms with Gasteiger partial charge in [0.15, 0.2) is 17.3 Å². The summed E-state index contributed by atoms with van der Waals surface area (Å²) in [5.74, 6) is 6.36. The van der Waals surface area contributed by atoms with Crippen LogP contribution in [0.15, 0.2) is 12.3 Å². The first-order valence-corrected chi connectivity index (χ1v) is 8.65. The Hall–Kier alpha value is -2.59. The summed E-state index contributed by atoms with van der Waals surface area (Å²) in [4.78, 5) is 30.7. The van der Waals surface area contributed by atoms with Crippen LogP contribution in [0.1, 0.15) is 48.3 Å². The molecule has 132 valence electrons. The highest BCUT2D eigenvalue weighted by Crippen LogP contribution is 2.41. The molecule has 0 aliphatic heterocycles. The SMILES string of the molecule is CC(CC=O)N(N)c1cnc(C(N)=O)c(Nc2cc(C3CC3)ns2)n1. The molecule has 1 fully saturated rings. The standard InChI is InChI=1S/C15H19N7O2S/c1-8(4-5-23)22(17)11-7-18-13(14(16)24)15(19-11)20-12-6-10(21-25-12)9-2-3-9/h5-9H,2-4,17H2,1H3,(H2,16,24)(H,19,20). The first kappa shape index (κ1) is 17.2. The number of carbonyl (C=O) groups excluding carboxylic acids is 2. The Kier molecular flexibility index (Phi) is 4.91. The van der Waals surface area contributed by atoms with Gasteiger partial charge in [0.05, 0.1) is 17.9 Å². The summed E-state index contributed by atoms with van der Waals surface area (Å²) in [6, 6.07) is 1.68. The number of aromatic nitrogens is 3. The Morgan fingerprint density at radius 3 is 2.96 bits per heavy atom. The van der Waals surface area contributed by atoms with Crippen LogP contribution in [0.2, 0.25) is 0 Å². The summed E-state index contributed by atoms with van der Waals surface area (Å²) in [6.45, 7) is 1.79. The van der Waals surface area contributed by atoms with Crippen molar-refractivity contribution in [2.24, 2.45) is 11.6 Å². The van der Waals surface area contributed by atoms with E-state index in [1.54, 1.807) is 6.92 Å². The lowest BCUT2D eigenvalue weighted by Crippen LogP contribution is -2.40. The van der Waals surface area contributed by atoms with Crippen molar-refractivity contribution in [1.29, 1.82) is 0 Å². The predicted octanol–water partition coefficient (Wildman–Crippen LogP) is 1.31. The average molecular weight is 361 g/mol. The number of nitrogens with one attached hydrogen (secondary N) is 1. The van der Waals surface area contributed by atoms with Crippen molar-refractivity contribution in [2.75, 3.05) is 10.3 Å². The lowest BCUT2D eigenvalue weighted by Gasteiger charge is -2.23. The predicted molar refractivity (Wildman–Crippen MR) is 94.7 cm³/mol. The van der Waals surface area contributed by atoms with Gasteiger partial charge in [-0.1, -0.05) is 0 Å². The number of aldehydes is 1. The van der Waals surface area contributed by atoms with Gasteiger partial charge in [0.1, 0.15) is 11.3 Å². The number of amides is 1. The van der Waals surface area contributed by atoms with E-state index in [2.05, 4.69) is 19.7 Å². The monoisotopic (exact) mass is 361 g/mol. The Morgan fingerprint density at radius 1 is 1.56 bits per heavy atom. The average Bonchev–Trinajstić information content (AvgIpc) is 3.34. The minimum absolute atomic E-state index is 0.0153. The zero-order chi connectivity index (χ0) is 18.0. The number of hydrogen-bond donors (Lipinski definition) is 3. The molecule has 1 atom stereocenters. The Balaban J connectivity index is 1.87. The van der Waals surface area contributed by atoms with E-state index in [0.717, 1.165) is 29.8 Å². The van der Waals surface area contributed by atoms with Crippen molar-refractivity contribution >= 4 is 40.4 Å². The number of hydrazine groups is 1. The highest BCUT2D eigenvalue weighted by Gasteiger charge is 2.26.